The first kappa shape index (κ1) is 18.5. The first-order valence-corrected chi connectivity index (χ1v) is 9.42. The first-order chi connectivity index (χ1) is 12.6. The zero-order chi connectivity index (χ0) is 18.4. The fraction of sp³-hybridized carbons (Fsp3) is 0.182. The Morgan fingerprint density at radius 2 is 1.62 bits per heavy atom. The van der Waals surface area contributed by atoms with Crippen LogP contribution in [0.25, 0.3) is 0 Å². The lowest BCUT2D eigenvalue weighted by Gasteiger charge is -2.14. The van der Waals surface area contributed by atoms with Crippen molar-refractivity contribution in [2.45, 2.75) is 26.5 Å². The zero-order valence-electron chi connectivity index (χ0n) is 14.6. The third-order valence-electron chi connectivity index (χ3n) is 4.18. The summed E-state index contributed by atoms with van der Waals surface area (Å²) in [5.41, 5.74) is 4.39. The van der Waals surface area contributed by atoms with Crippen LogP contribution in [-0.4, -0.2) is 0 Å². The van der Waals surface area contributed by atoms with Gasteiger partial charge in [0, 0.05) is 22.3 Å². The summed E-state index contributed by atoms with van der Waals surface area (Å²) in [6, 6.07) is 20.8. The molecule has 3 rings (SSSR count). The molecule has 0 aliphatic rings. The van der Waals surface area contributed by atoms with E-state index in [9.17, 15) is 4.39 Å². The molecule has 0 heterocycles. The molecule has 134 valence electrons. The maximum absolute atomic E-state index is 13.0. The van der Waals surface area contributed by atoms with Gasteiger partial charge in [-0.3, -0.25) is 0 Å². The molecule has 0 aliphatic heterocycles. The molecule has 0 spiro atoms. The van der Waals surface area contributed by atoms with E-state index in [0.29, 0.717) is 13.2 Å². The van der Waals surface area contributed by atoms with Crippen molar-refractivity contribution in [1.82, 2.24) is 0 Å². The molecular formula is C22H21BrFNO. The van der Waals surface area contributed by atoms with E-state index in [1.54, 1.807) is 12.1 Å². The van der Waals surface area contributed by atoms with E-state index in [1.807, 2.05) is 18.2 Å². The second-order valence-corrected chi connectivity index (χ2v) is 6.99. The standard InChI is InChI=1S/C22H21BrFNO/c1-2-16-5-10-21(11-6-16)25-14-18-13-19(23)7-12-22(18)26-15-17-3-8-20(24)9-4-17/h3-13,25H,2,14-15H2,1H3. The Labute approximate surface area is 162 Å². The average Bonchev–Trinajstić information content (AvgIpc) is 2.67. The van der Waals surface area contributed by atoms with E-state index in [-0.39, 0.29) is 5.82 Å². The van der Waals surface area contributed by atoms with Crippen LogP contribution < -0.4 is 10.1 Å². The van der Waals surface area contributed by atoms with Gasteiger partial charge in [-0.05, 0) is 60.0 Å². The fourth-order valence-electron chi connectivity index (χ4n) is 2.62. The highest BCUT2D eigenvalue weighted by Crippen LogP contribution is 2.25. The lowest BCUT2D eigenvalue weighted by Crippen LogP contribution is -2.04. The minimum absolute atomic E-state index is 0.239. The Bertz CT molecular complexity index is 847. The van der Waals surface area contributed by atoms with Gasteiger partial charge in [0.05, 0.1) is 0 Å². The summed E-state index contributed by atoms with van der Waals surface area (Å²) in [7, 11) is 0. The molecule has 3 aromatic rings. The summed E-state index contributed by atoms with van der Waals surface area (Å²) < 4.78 is 20.0. The molecular weight excluding hydrogens is 393 g/mol. The Hall–Kier alpha value is -2.33. The summed E-state index contributed by atoms with van der Waals surface area (Å²) in [4.78, 5) is 0. The highest BCUT2D eigenvalue weighted by atomic mass is 79.9. The van der Waals surface area contributed by atoms with Crippen LogP contribution in [0.5, 0.6) is 5.75 Å². The molecule has 0 amide bonds. The number of ether oxygens (including phenoxy) is 1. The summed E-state index contributed by atoms with van der Waals surface area (Å²) in [6.45, 7) is 3.21. The number of anilines is 1. The molecule has 0 saturated carbocycles. The summed E-state index contributed by atoms with van der Waals surface area (Å²) in [5, 5.41) is 3.44. The largest absolute Gasteiger partial charge is 0.489 e. The molecule has 0 aromatic heterocycles. The third kappa shape index (κ3) is 5.09. The lowest BCUT2D eigenvalue weighted by atomic mass is 10.1. The number of hydrogen-bond acceptors (Lipinski definition) is 2. The van der Waals surface area contributed by atoms with E-state index in [2.05, 4.69) is 52.4 Å². The highest BCUT2D eigenvalue weighted by Gasteiger charge is 2.06. The number of rotatable bonds is 7. The normalized spacial score (nSPS) is 10.6. The Morgan fingerprint density at radius 3 is 2.31 bits per heavy atom. The maximum atomic E-state index is 13.0. The van der Waals surface area contributed by atoms with E-state index in [0.717, 1.165) is 33.5 Å². The predicted octanol–water partition coefficient (Wildman–Crippen LogP) is 6.34. The van der Waals surface area contributed by atoms with Crippen molar-refractivity contribution in [3.05, 3.63) is 93.7 Å². The quantitative estimate of drug-likeness (QED) is 0.487. The van der Waals surface area contributed by atoms with Crippen LogP contribution in [-0.2, 0) is 19.6 Å². The number of halogens is 2. The molecule has 0 unspecified atom stereocenters. The van der Waals surface area contributed by atoms with Gasteiger partial charge >= 0.3 is 0 Å². The van der Waals surface area contributed by atoms with Crippen molar-refractivity contribution in [3.8, 4) is 5.75 Å². The smallest absolute Gasteiger partial charge is 0.124 e. The number of aryl methyl sites for hydroxylation is 1. The van der Waals surface area contributed by atoms with Crippen LogP contribution in [0.4, 0.5) is 10.1 Å². The minimum atomic E-state index is -0.239. The lowest BCUT2D eigenvalue weighted by molar-refractivity contribution is 0.303. The van der Waals surface area contributed by atoms with Crippen molar-refractivity contribution in [1.29, 1.82) is 0 Å². The van der Waals surface area contributed by atoms with E-state index < -0.39 is 0 Å². The van der Waals surface area contributed by atoms with E-state index >= 15 is 0 Å². The van der Waals surface area contributed by atoms with Crippen molar-refractivity contribution < 1.29 is 9.13 Å². The van der Waals surface area contributed by atoms with E-state index in [4.69, 9.17) is 4.74 Å². The van der Waals surface area contributed by atoms with Gasteiger partial charge in [-0.25, -0.2) is 4.39 Å². The van der Waals surface area contributed by atoms with Gasteiger partial charge in [-0.2, -0.15) is 0 Å². The summed E-state index contributed by atoms with van der Waals surface area (Å²) >= 11 is 3.52. The second kappa shape index (κ2) is 8.86. The van der Waals surface area contributed by atoms with Crippen LogP contribution in [0.3, 0.4) is 0 Å². The van der Waals surface area contributed by atoms with Gasteiger partial charge in [0.25, 0.3) is 0 Å². The van der Waals surface area contributed by atoms with Gasteiger partial charge in [0.2, 0.25) is 0 Å². The van der Waals surface area contributed by atoms with Crippen molar-refractivity contribution in [3.63, 3.8) is 0 Å². The molecule has 2 nitrogen and oxygen atoms in total. The van der Waals surface area contributed by atoms with Gasteiger partial charge in [-0.15, -0.1) is 0 Å². The molecule has 1 N–H and O–H groups in total. The van der Waals surface area contributed by atoms with Crippen LogP contribution in [0.1, 0.15) is 23.6 Å². The molecule has 0 radical (unpaired) electrons. The van der Waals surface area contributed by atoms with Gasteiger partial charge < -0.3 is 10.1 Å². The molecule has 0 fully saturated rings. The van der Waals surface area contributed by atoms with Crippen LogP contribution in [0.15, 0.2) is 71.2 Å². The van der Waals surface area contributed by atoms with E-state index in [1.165, 1.54) is 17.7 Å². The zero-order valence-corrected chi connectivity index (χ0v) is 16.2. The first-order valence-electron chi connectivity index (χ1n) is 8.62. The Kier molecular flexibility index (Phi) is 6.29. The van der Waals surface area contributed by atoms with Crippen molar-refractivity contribution in [2.24, 2.45) is 0 Å². The average molecular weight is 414 g/mol. The van der Waals surface area contributed by atoms with Crippen LogP contribution in [0.2, 0.25) is 0 Å². The van der Waals surface area contributed by atoms with Crippen LogP contribution in [0, 0.1) is 5.82 Å². The second-order valence-electron chi connectivity index (χ2n) is 6.07. The topological polar surface area (TPSA) is 21.3 Å². The SMILES string of the molecule is CCc1ccc(NCc2cc(Br)ccc2OCc2ccc(F)cc2)cc1. The number of nitrogens with one attached hydrogen (secondary N) is 1. The Balaban J connectivity index is 1.67. The van der Waals surface area contributed by atoms with Crippen LogP contribution >= 0.6 is 15.9 Å². The molecule has 0 atom stereocenters. The van der Waals surface area contributed by atoms with Crippen molar-refractivity contribution >= 4 is 21.6 Å². The Morgan fingerprint density at radius 1 is 0.923 bits per heavy atom. The third-order valence-corrected chi connectivity index (χ3v) is 4.67. The minimum Gasteiger partial charge on any atom is -0.489 e. The van der Waals surface area contributed by atoms with Crippen molar-refractivity contribution in [2.75, 3.05) is 5.32 Å². The highest BCUT2D eigenvalue weighted by molar-refractivity contribution is 9.10. The fourth-order valence-corrected chi connectivity index (χ4v) is 3.03. The molecule has 0 saturated heterocycles. The molecule has 0 bridgehead atoms. The molecule has 26 heavy (non-hydrogen) atoms. The van der Waals surface area contributed by atoms with Gasteiger partial charge in [0.15, 0.2) is 0 Å². The number of hydrogen-bond donors (Lipinski definition) is 1. The van der Waals surface area contributed by atoms with Gasteiger partial charge in [0.1, 0.15) is 18.2 Å². The number of benzene rings is 3. The maximum Gasteiger partial charge on any atom is 0.124 e. The predicted molar refractivity (Wildman–Crippen MR) is 108 cm³/mol. The molecule has 0 aliphatic carbocycles. The monoisotopic (exact) mass is 413 g/mol. The summed E-state index contributed by atoms with van der Waals surface area (Å²) in [5.74, 6) is 0.576. The molecule has 3 aromatic carbocycles. The van der Waals surface area contributed by atoms with Gasteiger partial charge in [-0.1, -0.05) is 47.1 Å². The summed E-state index contributed by atoms with van der Waals surface area (Å²) in [6.07, 6.45) is 1.04. The molecule has 4 heteroatoms.